The standard InChI is InChI=1S/C19H22N4O3S/c24-19-17(10-11-23(19)15-4-2-1-3-5-15)22-18-9-8-16(13-20-18)27(25,26)21-12-14-6-7-14/h1-5,8-9,13-14,17,21H,6-7,10-12H2,(H,20,22). The first kappa shape index (κ1) is 17.9. The lowest BCUT2D eigenvalue weighted by molar-refractivity contribution is -0.117. The van der Waals surface area contributed by atoms with E-state index in [0.29, 0.717) is 31.2 Å². The van der Waals surface area contributed by atoms with E-state index >= 15 is 0 Å². The maximum Gasteiger partial charge on any atom is 0.249 e. The van der Waals surface area contributed by atoms with Crippen molar-refractivity contribution in [2.75, 3.05) is 23.3 Å². The van der Waals surface area contributed by atoms with E-state index in [1.54, 1.807) is 11.0 Å². The van der Waals surface area contributed by atoms with Crippen LogP contribution < -0.4 is 14.9 Å². The van der Waals surface area contributed by atoms with E-state index in [1.807, 2.05) is 30.3 Å². The highest BCUT2D eigenvalue weighted by molar-refractivity contribution is 7.89. The lowest BCUT2D eigenvalue weighted by Crippen LogP contribution is -2.33. The zero-order valence-electron chi connectivity index (χ0n) is 14.8. The molecule has 2 aromatic rings. The molecule has 2 fully saturated rings. The van der Waals surface area contributed by atoms with Crippen molar-refractivity contribution in [1.29, 1.82) is 0 Å². The number of anilines is 2. The van der Waals surface area contributed by atoms with Crippen LogP contribution in [0, 0.1) is 5.92 Å². The first-order chi connectivity index (χ1) is 13.0. The third kappa shape index (κ3) is 4.12. The van der Waals surface area contributed by atoms with Gasteiger partial charge in [-0.05, 0) is 49.4 Å². The molecule has 0 radical (unpaired) electrons. The van der Waals surface area contributed by atoms with Gasteiger partial charge in [0.1, 0.15) is 16.8 Å². The number of sulfonamides is 1. The van der Waals surface area contributed by atoms with Crippen LogP contribution >= 0.6 is 0 Å². The fourth-order valence-corrected chi connectivity index (χ4v) is 4.17. The molecule has 2 aliphatic rings. The SMILES string of the molecule is O=C1C(Nc2ccc(S(=O)(=O)NCC3CC3)cn2)CCN1c1ccccc1. The minimum Gasteiger partial charge on any atom is -0.358 e. The first-order valence-electron chi connectivity index (χ1n) is 9.11. The molecule has 1 aliphatic carbocycles. The Morgan fingerprint density at radius 3 is 2.52 bits per heavy atom. The monoisotopic (exact) mass is 386 g/mol. The first-order valence-corrected chi connectivity index (χ1v) is 10.6. The number of pyridine rings is 1. The fourth-order valence-electron chi connectivity index (χ4n) is 3.11. The quantitative estimate of drug-likeness (QED) is 0.759. The van der Waals surface area contributed by atoms with Gasteiger partial charge in [0.15, 0.2) is 0 Å². The highest BCUT2D eigenvalue weighted by Gasteiger charge is 2.32. The maximum absolute atomic E-state index is 12.6. The summed E-state index contributed by atoms with van der Waals surface area (Å²) in [7, 11) is -3.53. The van der Waals surface area contributed by atoms with Crippen LogP contribution in [0.5, 0.6) is 0 Å². The summed E-state index contributed by atoms with van der Waals surface area (Å²) in [6.07, 6.45) is 4.16. The van der Waals surface area contributed by atoms with Gasteiger partial charge in [-0.3, -0.25) is 4.79 Å². The summed E-state index contributed by atoms with van der Waals surface area (Å²) in [5.74, 6) is 0.949. The van der Waals surface area contributed by atoms with Crippen LogP contribution in [0.3, 0.4) is 0 Å². The van der Waals surface area contributed by atoms with E-state index in [4.69, 9.17) is 0 Å². The predicted molar refractivity (Wildman–Crippen MR) is 103 cm³/mol. The van der Waals surface area contributed by atoms with Crippen molar-refractivity contribution in [2.24, 2.45) is 5.92 Å². The number of carbonyl (C=O) groups is 1. The van der Waals surface area contributed by atoms with Gasteiger partial charge in [0.2, 0.25) is 15.9 Å². The van der Waals surface area contributed by atoms with Gasteiger partial charge in [-0.1, -0.05) is 18.2 Å². The molecule has 2 heterocycles. The van der Waals surface area contributed by atoms with Crippen LogP contribution in [0.25, 0.3) is 0 Å². The van der Waals surface area contributed by atoms with Crippen LogP contribution in [0.2, 0.25) is 0 Å². The third-order valence-corrected chi connectivity index (χ3v) is 6.31. The number of rotatable bonds is 7. The summed E-state index contributed by atoms with van der Waals surface area (Å²) in [5, 5.41) is 3.11. The van der Waals surface area contributed by atoms with E-state index in [0.717, 1.165) is 18.5 Å². The number of nitrogens with zero attached hydrogens (tertiary/aromatic N) is 2. The molecule has 0 bridgehead atoms. The maximum atomic E-state index is 12.6. The second-order valence-electron chi connectivity index (χ2n) is 6.99. The highest BCUT2D eigenvalue weighted by atomic mass is 32.2. The number of nitrogens with one attached hydrogen (secondary N) is 2. The van der Waals surface area contributed by atoms with Crippen molar-refractivity contribution in [3.8, 4) is 0 Å². The molecule has 27 heavy (non-hydrogen) atoms. The Hall–Kier alpha value is -2.45. The zero-order chi connectivity index (χ0) is 18.9. The number of carbonyl (C=O) groups excluding carboxylic acids is 1. The van der Waals surface area contributed by atoms with Gasteiger partial charge in [0.05, 0.1) is 0 Å². The fraction of sp³-hybridized carbons (Fsp3) is 0.368. The lowest BCUT2D eigenvalue weighted by atomic mass is 10.2. The van der Waals surface area contributed by atoms with Crippen LogP contribution in [0.15, 0.2) is 53.6 Å². The largest absolute Gasteiger partial charge is 0.358 e. The van der Waals surface area contributed by atoms with E-state index < -0.39 is 10.0 Å². The Balaban J connectivity index is 1.39. The molecule has 2 N–H and O–H groups in total. The lowest BCUT2D eigenvalue weighted by Gasteiger charge is -2.17. The number of hydrogen-bond acceptors (Lipinski definition) is 5. The van der Waals surface area contributed by atoms with Crippen LogP contribution in [-0.2, 0) is 14.8 Å². The van der Waals surface area contributed by atoms with E-state index in [-0.39, 0.29) is 16.8 Å². The second-order valence-corrected chi connectivity index (χ2v) is 8.75. The molecule has 1 aromatic carbocycles. The zero-order valence-corrected chi connectivity index (χ0v) is 15.7. The molecule has 4 rings (SSSR count). The average Bonchev–Trinajstić information content (AvgIpc) is 3.45. The van der Waals surface area contributed by atoms with Gasteiger partial charge in [-0.2, -0.15) is 0 Å². The molecule has 0 spiro atoms. The summed E-state index contributed by atoms with van der Waals surface area (Å²) >= 11 is 0. The van der Waals surface area contributed by atoms with Gasteiger partial charge < -0.3 is 10.2 Å². The third-order valence-electron chi connectivity index (χ3n) is 4.90. The van der Waals surface area contributed by atoms with Gasteiger partial charge in [-0.25, -0.2) is 18.1 Å². The number of hydrogen-bond donors (Lipinski definition) is 2. The molecule has 1 saturated carbocycles. The summed E-state index contributed by atoms with van der Waals surface area (Å²) in [6.45, 7) is 1.12. The van der Waals surface area contributed by atoms with Crippen LogP contribution in [-0.4, -0.2) is 38.4 Å². The van der Waals surface area contributed by atoms with E-state index in [9.17, 15) is 13.2 Å². The number of para-hydroxylation sites is 1. The summed E-state index contributed by atoms with van der Waals surface area (Å²) in [5.41, 5.74) is 0.878. The second kappa shape index (κ2) is 7.28. The number of amides is 1. The predicted octanol–water partition coefficient (Wildman–Crippen LogP) is 1.99. The van der Waals surface area contributed by atoms with Gasteiger partial charge >= 0.3 is 0 Å². The van der Waals surface area contributed by atoms with Gasteiger partial charge in [0, 0.05) is 25.0 Å². The van der Waals surface area contributed by atoms with Crippen molar-refractivity contribution >= 4 is 27.4 Å². The molecule has 7 nitrogen and oxygen atoms in total. The number of benzene rings is 1. The Morgan fingerprint density at radius 1 is 1.07 bits per heavy atom. The summed E-state index contributed by atoms with van der Waals surface area (Å²) in [4.78, 5) is 18.7. The Morgan fingerprint density at radius 2 is 1.85 bits per heavy atom. The Labute approximate surface area is 158 Å². The molecular formula is C19H22N4O3S. The molecule has 1 atom stereocenters. The Kier molecular flexibility index (Phi) is 4.84. The minimum absolute atomic E-state index is 0.00852. The van der Waals surface area contributed by atoms with Crippen LogP contribution in [0.1, 0.15) is 19.3 Å². The summed E-state index contributed by atoms with van der Waals surface area (Å²) < 4.78 is 27.1. The molecule has 1 aliphatic heterocycles. The molecular weight excluding hydrogens is 364 g/mol. The van der Waals surface area contributed by atoms with Crippen molar-refractivity contribution in [2.45, 2.75) is 30.2 Å². The van der Waals surface area contributed by atoms with Crippen molar-refractivity contribution in [3.05, 3.63) is 48.7 Å². The molecule has 142 valence electrons. The van der Waals surface area contributed by atoms with E-state index in [1.165, 1.54) is 12.3 Å². The minimum atomic E-state index is -3.53. The van der Waals surface area contributed by atoms with Crippen LogP contribution in [0.4, 0.5) is 11.5 Å². The summed E-state index contributed by atoms with van der Waals surface area (Å²) in [6, 6.07) is 12.3. The number of aromatic nitrogens is 1. The molecule has 1 saturated heterocycles. The smallest absolute Gasteiger partial charge is 0.249 e. The van der Waals surface area contributed by atoms with Crippen molar-refractivity contribution in [3.63, 3.8) is 0 Å². The molecule has 1 unspecified atom stereocenters. The van der Waals surface area contributed by atoms with Gasteiger partial charge in [-0.15, -0.1) is 0 Å². The van der Waals surface area contributed by atoms with Crippen molar-refractivity contribution in [1.82, 2.24) is 9.71 Å². The average molecular weight is 386 g/mol. The van der Waals surface area contributed by atoms with E-state index in [2.05, 4.69) is 15.0 Å². The van der Waals surface area contributed by atoms with Gasteiger partial charge in [0.25, 0.3) is 0 Å². The molecule has 8 heteroatoms. The molecule has 1 amide bonds. The Bertz CT molecular complexity index is 912. The molecule has 1 aromatic heterocycles. The van der Waals surface area contributed by atoms with Crippen molar-refractivity contribution < 1.29 is 13.2 Å². The topological polar surface area (TPSA) is 91.4 Å². The normalized spacial score (nSPS) is 20.1. The highest BCUT2D eigenvalue weighted by Crippen LogP contribution is 2.28.